The average molecular weight is 265 g/mol. The van der Waals surface area contributed by atoms with Gasteiger partial charge in [0.1, 0.15) is 5.69 Å². The zero-order valence-corrected chi connectivity index (χ0v) is 11.3. The molecule has 1 fully saturated rings. The molecule has 2 rings (SSSR count). The molecule has 1 aliphatic rings. The molecule has 0 spiro atoms. The highest BCUT2D eigenvalue weighted by atomic mass is 16.6. The van der Waals surface area contributed by atoms with Gasteiger partial charge in [-0.05, 0) is 12.5 Å². The molecule has 0 saturated carbocycles. The summed E-state index contributed by atoms with van der Waals surface area (Å²) in [4.78, 5) is 13.0. The summed E-state index contributed by atoms with van der Waals surface area (Å²) in [5.74, 6) is 0. The van der Waals surface area contributed by atoms with E-state index in [1.54, 1.807) is 13.1 Å². The van der Waals surface area contributed by atoms with Crippen LogP contribution in [-0.4, -0.2) is 42.7 Å². The lowest BCUT2D eigenvalue weighted by atomic mass is 10.1. The SMILES string of the molecule is CNc1c(CN2CCOCC2C)cccc1[N+](=O)[O-]. The summed E-state index contributed by atoms with van der Waals surface area (Å²) < 4.78 is 5.40. The summed E-state index contributed by atoms with van der Waals surface area (Å²) in [7, 11) is 1.72. The third kappa shape index (κ3) is 3.02. The maximum absolute atomic E-state index is 11.0. The molecule has 1 N–H and O–H groups in total. The van der Waals surface area contributed by atoms with E-state index in [4.69, 9.17) is 4.74 Å². The highest BCUT2D eigenvalue weighted by molar-refractivity contribution is 5.66. The Hall–Kier alpha value is -1.66. The van der Waals surface area contributed by atoms with Gasteiger partial charge in [0.15, 0.2) is 0 Å². The van der Waals surface area contributed by atoms with Gasteiger partial charge in [-0.2, -0.15) is 0 Å². The Morgan fingerprint density at radius 1 is 1.58 bits per heavy atom. The maximum Gasteiger partial charge on any atom is 0.292 e. The summed E-state index contributed by atoms with van der Waals surface area (Å²) in [6.07, 6.45) is 0. The molecule has 1 aromatic carbocycles. The molecule has 0 amide bonds. The molecule has 1 heterocycles. The molecular weight excluding hydrogens is 246 g/mol. The van der Waals surface area contributed by atoms with E-state index in [0.29, 0.717) is 31.5 Å². The van der Waals surface area contributed by atoms with Crippen molar-refractivity contribution in [2.24, 2.45) is 0 Å². The minimum absolute atomic E-state index is 0.126. The van der Waals surface area contributed by atoms with Crippen LogP contribution in [0.15, 0.2) is 18.2 Å². The number of rotatable bonds is 4. The topological polar surface area (TPSA) is 67.6 Å². The molecule has 19 heavy (non-hydrogen) atoms. The molecule has 1 atom stereocenters. The average Bonchev–Trinajstić information content (AvgIpc) is 2.41. The predicted molar refractivity (Wildman–Crippen MR) is 73.3 cm³/mol. The van der Waals surface area contributed by atoms with Crippen LogP contribution in [0.5, 0.6) is 0 Å². The van der Waals surface area contributed by atoms with Crippen LogP contribution in [0.1, 0.15) is 12.5 Å². The van der Waals surface area contributed by atoms with Gasteiger partial charge < -0.3 is 10.1 Å². The summed E-state index contributed by atoms with van der Waals surface area (Å²) in [6, 6.07) is 5.52. The molecule has 6 nitrogen and oxygen atoms in total. The molecule has 1 aliphatic heterocycles. The molecule has 0 bridgehead atoms. The van der Waals surface area contributed by atoms with Crippen LogP contribution in [-0.2, 0) is 11.3 Å². The third-order valence-electron chi connectivity index (χ3n) is 3.45. The smallest absolute Gasteiger partial charge is 0.292 e. The van der Waals surface area contributed by atoms with Crippen molar-refractivity contribution in [3.63, 3.8) is 0 Å². The number of ether oxygens (including phenoxy) is 1. The first kappa shape index (κ1) is 13.8. The zero-order valence-electron chi connectivity index (χ0n) is 11.3. The van der Waals surface area contributed by atoms with Gasteiger partial charge >= 0.3 is 0 Å². The second-order valence-electron chi connectivity index (χ2n) is 4.71. The number of nitro benzene ring substituents is 1. The van der Waals surface area contributed by atoms with E-state index in [9.17, 15) is 10.1 Å². The molecule has 104 valence electrons. The molecular formula is C13H19N3O3. The van der Waals surface area contributed by atoms with E-state index in [1.807, 2.05) is 6.07 Å². The van der Waals surface area contributed by atoms with Crippen molar-refractivity contribution in [2.75, 3.05) is 32.1 Å². The summed E-state index contributed by atoms with van der Waals surface area (Å²) in [5, 5.41) is 14.0. The van der Waals surface area contributed by atoms with E-state index in [2.05, 4.69) is 17.1 Å². The van der Waals surface area contributed by atoms with Crippen LogP contribution in [0.25, 0.3) is 0 Å². The Balaban J connectivity index is 2.24. The fourth-order valence-electron chi connectivity index (χ4n) is 2.37. The molecule has 0 aromatic heterocycles. The van der Waals surface area contributed by atoms with Gasteiger partial charge in [0.2, 0.25) is 0 Å². The van der Waals surface area contributed by atoms with Crippen LogP contribution >= 0.6 is 0 Å². The molecule has 0 radical (unpaired) electrons. The number of nitro groups is 1. The van der Waals surface area contributed by atoms with Crippen molar-refractivity contribution in [3.8, 4) is 0 Å². The number of hydrogen-bond acceptors (Lipinski definition) is 5. The fraction of sp³-hybridized carbons (Fsp3) is 0.538. The Kier molecular flexibility index (Phi) is 4.34. The Labute approximate surface area is 112 Å². The molecule has 1 saturated heterocycles. The van der Waals surface area contributed by atoms with E-state index < -0.39 is 0 Å². The molecule has 1 aromatic rings. The number of benzene rings is 1. The van der Waals surface area contributed by atoms with Gasteiger partial charge in [0.05, 0.1) is 18.1 Å². The van der Waals surface area contributed by atoms with Crippen molar-refractivity contribution in [3.05, 3.63) is 33.9 Å². The summed E-state index contributed by atoms with van der Waals surface area (Å²) in [5.41, 5.74) is 1.68. The van der Waals surface area contributed by atoms with Crippen molar-refractivity contribution < 1.29 is 9.66 Å². The number of hydrogen-bond donors (Lipinski definition) is 1. The first-order valence-corrected chi connectivity index (χ1v) is 6.39. The second-order valence-corrected chi connectivity index (χ2v) is 4.71. The largest absolute Gasteiger partial charge is 0.382 e. The van der Waals surface area contributed by atoms with Gasteiger partial charge in [-0.25, -0.2) is 0 Å². The third-order valence-corrected chi connectivity index (χ3v) is 3.45. The summed E-state index contributed by atoms with van der Waals surface area (Å²) in [6.45, 7) is 5.09. The summed E-state index contributed by atoms with van der Waals surface area (Å²) >= 11 is 0. The minimum atomic E-state index is -0.349. The number of para-hydroxylation sites is 1. The maximum atomic E-state index is 11.0. The van der Waals surface area contributed by atoms with Crippen LogP contribution in [0.3, 0.4) is 0 Å². The van der Waals surface area contributed by atoms with E-state index in [-0.39, 0.29) is 10.6 Å². The van der Waals surface area contributed by atoms with Gasteiger partial charge in [-0.15, -0.1) is 0 Å². The zero-order chi connectivity index (χ0) is 13.8. The minimum Gasteiger partial charge on any atom is -0.382 e. The lowest BCUT2D eigenvalue weighted by Gasteiger charge is -2.33. The monoisotopic (exact) mass is 265 g/mol. The van der Waals surface area contributed by atoms with E-state index >= 15 is 0 Å². The molecule has 6 heteroatoms. The Morgan fingerprint density at radius 2 is 2.37 bits per heavy atom. The van der Waals surface area contributed by atoms with Gasteiger partial charge in [-0.1, -0.05) is 12.1 Å². The predicted octanol–water partition coefficient (Wildman–Crippen LogP) is 1.86. The quantitative estimate of drug-likeness (QED) is 0.664. The van der Waals surface area contributed by atoms with Gasteiger partial charge in [0.25, 0.3) is 5.69 Å². The number of morpholine rings is 1. The normalized spacial score (nSPS) is 20.2. The fourth-order valence-corrected chi connectivity index (χ4v) is 2.37. The van der Waals surface area contributed by atoms with Crippen LogP contribution in [0, 0.1) is 10.1 Å². The molecule has 0 aliphatic carbocycles. The Morgan fingerprint density at radius 3 is 3.00 bits per heavy atom. The van der Waals surface area contributed by atoms with Crippen molar-refractivity contribution >= 4 is 11.4 Å². The number of anilines is 1. The van der Waals surface area contributed by atoms with Crippen molar-refractivity contribution in [2.45, 2.75) is 19.5 Å². The standard InChI is InChI=1S/C13H19N3O3/c1-10-9-19-7-6-15(10)8-11-4-3-5-12(16(17)18)13(11)14-2/h3-5,10,14H,6-9H2,1-2H3. The first-order chi connectivity index (χ1) is 9.13. The van der Waals surface area contributed by atoms with Crippen LogP contribution < -0.4 is 5.32 Å². The van der Waals surface area contributed by atoms with Gasteiger partial charge in [0, 0.05) is 32.2 Å². The number of nitrogens with zero attached hydrogens (tertiary/aromatic N) is 2. The van der Waals surface area contributed by atoms with Crippen LogP contribution in [0.4, 0.5) is 11.4 Å². The van der Waals surface area contributed by atoms with E-state index in [0.717, 1.165) is 12.1 Å². The first-order valence-electron chi connectivity index (χ1n) is 6.39. The highest BCUT2D eigenvalue weighted by Crippen LogP contribution is 2.29. The number of nitrogens with one attached hydrogen (secondary N) is 1. The lowest BCUT2D eigenvalue weighted by molar-refractivity contribution is -0.384. The van der Waals surface area contributed by atoms with Crippen LogP contribution in [0.2, 0.25) is 0 Å². The highest BCUT2D eigenvalue weighted by Gasteiger charge is 2.22. The lowest BCUT2D eigenvalue weighted by Crippen LogP contribution is -2.43. The van der Waals surface area contributed by atoms with Crippen molar-refractivity contribution in [1.29, 1.82) is 0 Å². The van der Waals surface area contributed by atoms with Crippen molar-refractivity contribution in [1.82, 2.24) is 4.90 Å². The Bertz CT molecular complexity index is 464. The van der Waals surface area contributed by atoms with Gasteiger partial charge in [-0.3, -0.25) is 15.0 Å². The molecule has 1 unspecified atom stereocenters. The second kappa shape index (κ2) is 5.99. The van der Waals surface area contributed by atoms with E-state index in [1.165, 1.54) is 6.07 Å².